The van der Waals surface area contributed by atoms with Crippen molar-refractivity contribution in [2.24, 2.45) is 0 Å². The van der Waals surface area contributed by atoms with Crippen molar-refractivity contribution in [3.05, 3.63) is 33.1 Å². The van der Waals surface area contributed by atoms with E-state index >= 15 is 0 Å². The van der Waals surface area contributed by atoms with Gasteiger partial charge in [-0.05, 0) is 19.1 Å². The molecule has 2 aromatic heterocycles. The predicted molar refractivity (Wildman–Crippen MR) is 77.8 cm³/mol. The van der Waals surface area contributed by atoms with Gasteiger partial charge in [-0.3, -0.25) is 0 Å². The fraction of sp³-hybridized carbons (Fsp3) is 0.333. The minimum Gasteiger partial charge on any atom is -0.357 e. The molecule has 0 aliphatic heterocycles. The number of rotatable bonds is 4. The minimum atomic E-state index is 0.640. The molecule has 2 aromatic rings. The van der Waals surface area contributed by atoms with Gasteiger partial charge < -0.3 is 10.2 Å². The lowest BCUT2D eigenvalue weighted by Gasteiger charge is -2.18. The van der Waals surface area contributed by atoms with Crippen LogP contribution >= 0.6 is 22.9 Å². The van der Waals surface area contributed by atoms with Crippen molar-refractivity contribution in [1.29, 1.82) is 0 Å². The average Bonchev–Trinajstić information content (AvgIpc) is 2.73. The van der Waals surface area contributed by atoms with Gasteiger partial charge in [-0.1, -0.05) is 11.6 Å². The number of hydrogen-bond acceptors (Lipinski definition) is 5. The summed E-state index contributed by atoms with van der Waals surface area (Å²) in [7, 11) is 3.83. The number of halogens is 1. The first-order valence-corrected chi connectivity index (χ1v) is 6.76. The first-order chi connectivity index (χ1) is 8.58. The zero-order chi connectivity index (χ0) is 13.1. The highest BCUT2D eigenvalue weighted by Crippen LogP contribution is 2.24. The maximum Gasteiger partial charge on any atom is 0.224 e. The van der Waals surface area contributed by atoms with Gasteiger partial charge >= 0.3 is 0 Å². The molecule has 1 N–H and O–H groups in total. The van der Waals surface area contributed by atoms with Gasteiger partial charge in [0.1, 0.15) is 5.82 Å². The van der Waals surface area contributed by atoms with Crippen LogP contribution in [0.1, 0.15) is 10.6 Å². The zero-order valence-electron chi connectivity index (χ0n) is 10.6. The van der Waals surface area contributed by atoms with E-state index in [2.05, 4.69) is 20.2 Å². The molecule has 2 heterocycles. The van der Waals surface area contributed by atoms with E-state index in [9.17, 15) is 0 Å². The second-order valence-corrected chi connectivity index (χ2v) is 5.80. The Morgan fingerprint density at radius 1 is 1.39 bits per heavy atom. The van der Waals surface area contributed by atoms with Crippen molar-refractivity contribution < 1.29 is 0 Å². The molecule has 0 aliphatic rings. The summed E-state index contributed by atoms with van der Waals surface area (Å²) < 4.78 is 0.813. The predicted octanol–water partition coefficient (Wildman–Crippen LogP) is 3.18. The second kappa shape index (κ2) is 5.54. The second-order valence-electron chi connectivity index (χ2n) is 4.00. The molecule has 0 bridgehead atoms. The van der Waals surface area contributed by atoms with Crippen LogP contribution in [0.2, 0.25) is 4.34 Å². The average molecular weight is 283 g/mol. The number of nitrogens with one attached hydrogen (secondary N) is 1. The van der Waals surface area contributed by atoms with Gasteiger partial charge in [0.25, 0.3) is 0 Å². The SMILES string of the molecule is CNc1nc(C)cc(N(C)Cc2ccc(Cl)s2)n1. The van der Waals surface area contributed by atoms with Crippen LogP contribution in [0.15, 0.2) is 18.2 Å². The number of hydrogen-bond donors (Lipinski definition) is 1. The Hall–Kier alpha value is -1.33. The molecule has 0 atom stereocenters. The van der Waals surface area contributed by atoms with Gasteiger partial charge in [0, 0.05) is 30.7 Å². The van der Waals surface area contributed by atoms with Crippen molar-refractivity contribution in [2.75, 3.05) is 24.3 Å². The van der Waals surface area contributed by atoms with Gasteiger partial charge in [0.2, 0.25) is 5.95 Å². The Bertz CT molecular complexity index is 541. The molecule has 18 heavy (non-hydrogen) atoms. The summed E-state index contributed by atoms with van der Waals surface area (Å²) in [6.07, 6.45) is 0. The lowest BCUT2D eigenvalue weighted by atomic mass is 10.4. The highest BCUT2D eigenvalue weighted by atomic mass is 35.5. The molecule has 0 aliphatic carbocycles. The fourth-order valence-electron chi connectivity index (χ4n) is 1.61. The monoisotopic (exact) mass is 282 g/mol. The molecule has 0 fully saturated rings. The number of nitrogens with zero attached hydrogens (tertiary/aromatic N) is 3. The van der Waals surface area contributed by atoms with Crippen LogP contribution in [0.3, 0.4) is 0 Å². The first kappa shape index (κ1) is 13.1. The first-order valence-electron chi connectivity index (χ1n) is 5.57. The smallest absolute Gasteiger partial charge is 0.224 e. The molecule has 96 valence electrons. The molecular formula is C12H15ClN4S. The number of aryl methyl sites for hydroxylation is 1. The molecule has 0 saturated carbocycles. The van der Waals surface area contributed by atoms with Crippen LogP contribution < -0.4 is 10.2 Å². The lowest BCUT2D eigenvalue weighted by molar-refractivity contribution is 0.900. The van der Waals surface area contributed by atoms with Crippen LogP contribution in [-0.4, -0.2) is 24.1 Å². The van der Waals surface area contributed by atoms with E-state index in [1.165, 1.54) is 4.88 Å². The largest absolute Gasteiger partial charge is 0.357 e. The van der Waals surface area contributed by atoms with E-state index < -0.39 is 0 Å². The third-order valence-electron chi connectivity index (χ3n) is 2.48. The van der Waals surface area contributed by atoms with E-state index in [1.807, 2.05) is 39.2 Å². The maximum atomic E-state index is 5.93. The summed E-state index contributed by atoms with van der Waals surface area (Å²) >= 11 is 7.52. The molecule has 0 aromatic carbocycles. The molecule has 0 spiro atoms. The van der Waals surface area contributed by atoms with E-state index in [-0.39, 0.29) is 0 Å². The summed E-state index contributed by atoms with van der Waals surface area (Å²) in [5, 5.41) is 2.96. The Balaban J connectivity index is 2.17. The van der Waals surface area contributed by atoms with E-state index in [1.54, 1.807) is 11.3 Å². The third kappa shape index (κ3) is 3.11. The zero-order valence-corrected chi connectivity index (χ0v) is 12.1. The van der Waals surface area contributed by atoms with Crippen molar-refractivity contribution >= 4 is 34.7 Å². The molecular weight excluding hydrogens is 268 g/mol. The Morgan fingerprint density at radius 2 is 2.17 bits per heavy atom. The molecule has 0 saturated heterocycles. The summed E-state index contributed by atoms with van der Waals surface area (Å²) in [5.74, 6) is 1.54. The quantitative estimate of drug-likeness (QED) is 0.935. The van der Waals surface area contributed by atoms with Gasteiger partial charge in [-0.2, -0.15) is 4.98 Å². The van der Waals surface area contributed by atoms with Gasteiger partial charge in [0.15, 0.2) is 0 Å². The van der Waals surface area contributed by atoms with Gasteiger partial charge in [-0.25, -0.2) is 4.98 Å². The normalized spacial score (nSPS) is 10.4. The Labute approximate surface area is 116 Å². The van der Waals surface area contributed by atoms with Crippen molar-refractivity contribution in [3.8, 4) is 0 Å². The van der Waals surface area contributed by atoms with E-state index in [0.717, 1.165) is 22.4 Å². The van der Waals surface area contributed by atoms with Crippen LogP contribution in [0.5, 0.6) is 0 Å². The van der Waals surface area contributed by atoms with Crippen molar-refractivity contribution in [1.82, 2.24) is 9.97 Å². The van der Waals surface area contributed by atoms with Gasteiger partial charge in [-0.15, -0.1) is 11.3 Å². The Kier molecular flexibility index (Phi) is 4.04. The summed E-state index contributed by atoms with van der Waals surface area (Å²) in [6, 6.07) is 5.92. The van der Waals surface area contributed by atoms with E-state index in [0.29, 0.717) is 5.95 Å². The van der Waals surface area contributed by atoms with Crippen LogP contribution in [0, 0.1) is 6.92 Å². The molecule has 6 heteroatoms. The highest BCUT2D eigenvalue weighted by molar-refractivity contribution is 7.16. The van der Waals surface area contributed by atoms with E-state index in [4.69, 9.17) is 11.6 Å². The Morgan fingerprint density at radius 3 is 2.78 bits per heavy atom. The topological polar surface area (TPSA) is 41.1 Å². The minimum absolute atomic E-state index is 0.640. The highest BCUT2D eigenvalue weighted by Gasteiger charge is 2.08. The fourth-order valence-corrected chi connectivity index (χ4v) is 2.75. The number of aromatic nitrogens is 2. The summed E-state index contributed by atoms with van der Waals surface area (Å²) in [4.78, 5) is 12.0. The number of anilines is 2. The van der Waals surface area contributed by atoms with Crippen molar-refractivity contribution in [2.45, 2.75) is 13.5 Å². The molecule has 0 unspecified atom stereocenters. The van der Waals surface area contributed by atoms with Crippen LogP contribution in [0.25, 0.3) is 0 Å². The van der Waals surface area contributed by atoms with Gasteiger partial charge in [0.05, 0.1) is 10.9 Å². The van der Waals surface area contributed by atoms with Crippen LogP contribution in [-0.2, 0) is 6.54 Å². The molecule has 2 rings (SSSR count). The standard InChI is InChI=1S/C12H15ClN4S/c1-8-6-11(16-12(14-2)15-8)17(3)7-9-4-5-10(13)18-9/h4-6H,7H2,1-3H3,(H,14,15,16). The van der Waals surface area contributed by atoms with Crippen LogP contribution in [0.4, 0.5) is 11.8 Å². The number of thiophene rings is 1. The third-order valence-corrected chi connectivity index (χ3v) is 3.69. The maximum absolute atomic E-state index is 5.93. The molecule has 0 radical (unpaired) electrons. The lowest BCUT2D eigenvalue weighted by Crippen LogP contribution is -2.18. The molecule has 0 amide bonds. The summed E-state index contributed by atoms with van der Waals surface area (Å²) in [5.41, 5.74) is 0.945. The van der Waals surface area contributed by atoms with Crippen molar-refractivity contribution in [3.63, 3.8) is 0 Å². The summed E-state index contributed by atoms with van der Waals surface area (Å²) in [6.45, 7) is 2.75. The molecule has 4 nitrogen and oxygen atoms in total.